The topological polar surface area (TPSA) is 34.1 Å². The molecule has 1 unspecified atom stereocenters. The molecular formula is C23H21BrO2. The normalized spacial score (nSPS) is 11.3. The van der Waals surface area contributed by atoms with Gasteiger partial charge in [0, 0.05) is 22.0 Å². The van der Waals surface area contributed by atoms with Gasteiger partial charge >= 0.3 is 0 Å². The van der Waals surface area contributed by atoms with E-state index in [4.69, 9.17) is 0 Å². The Kier molecular flexibility index (Phi) is 7.05. The minimum Gasteiger partial charge on any atom is -0.294 e. The van der Waals surface area contributed by atoms with Gasteiger partial charge in [-0.05, 0) is 11.6 Å². The van der Waals surface area contributed by atoms with Crippen LogP contribution in [0.3, 0.4) is 0 Å². The number of ketones is 2. The summed E-state index contributed by atoms with van der Waals surface area (Å²) < 4.78 is 0.749. The lowest BCUT2D eigenvalue weighted by molar-refractivity contribution is 0.0893. The van der Waals surface area contributed by atoms with E-state index in [2.05, 4.69) is 15.9 Å². The van der Waals surface area contributed by atoms with Gasteiger partial charge in [-0.3, -0.25) is 9.59 Å². The standard InChI is InChI=1S/C22H17BrO2.CH4/c23-20-14-8-7-13-18(20)21(24)15-19(16-9-3-1-4-10-16)22(25)17-11-5-2-6-12-17;/h1-14,19H,15H2;1H4. The van der Waals surface area contributed by atoms with Gasteiger partial charge in [-0.2, -0.15) is 0 Å². The third-order valence-corrected chi connectivity index (χ3v) is 4.83. The predicted molar refractivity (Wildman–Crippen MR) is 110 cm³/mol. The van der Waals surface area contributed by atoms with Crippen molar-refractivity contribution in [1.29, 1.82) is 0 Å². The Hall–Kier alpha value is -2.52. The minimum atomic E-state index is -0.497. The van der Waals surface area contributed by atoms with Gasteiger partial charge in [-0.15, -0.1) is 0 Å². The third-order valence-electron chi connectivity index (χ3n) is 4.14. The third kappa shape index (κ3) is 4.55. The van der Waals surface area contributed by atoms with E-state index in [0.717, 1.165) is 10.0 Å². The van der Waals surface area contributed by atoms with Crippen LogP contribution in [-0.2, 0) is 0 Å². The van der Waals surface area contributed by atoms with Crippen LogP contribution >= 0.6 is 15.9 Å². The van der Waals surface area contributed by atoms with Gasteiger partial charge in [0.1, 0.15) is 0 Å². The zero-order valence-electron chi connectivity index (χ0n) is 13.6. The minimum absolute atomic E-state index is 0. The highest BCUT2D eigenvalue weighted by Crippen LogP contribution is 2.28. The van der Waals surface area contributed by atoms with Crippen LogP contribution in [-0.4, -0.2) is 11.6 Å². The molecule has 0 spiro atoms. The molecule has 0 fully saturated rings. The number of carbonyl (C=O) groups is 2. The molecule has 0 aliphatic carbocycles. The Morgan fingerprint density at radius 1 is 0.769 bits per heavy atom. The van der Waals surface area contributed by atoms with E-state index in [1.165, 1.54) is 0 Å². The van der Waals surface area contributed by atoms with Crippen molar-refractivity contribution in [3.63, 3.8) is 0 Å². The van der Waals surface area contributed by atoms with Crippen LogP contribution in [0.2, 0.25) is 0 Å². The average Bonchev–Trinajstić information content (AvgIpc) is 2.67. The molecule has 0 aromatic heterocycles. The van der Waals surface area contributed by atoms with Gasteiger partial charge in [0.25, 0.3) is 0 Å². The first-order valence-electron chi connectivity index (χ1n) is 8.09. The van der Waals surface area contributed by atoms with E-state index >= 15 is 0 Å². The first-order valence-corrected chi connectivity index (χ1v) is 8.88. The summed E-state index contributed by atoms with van der Waals surface area (Å²) in [5.41, 5.74) is 2.08. The largest absolute Gasteiger partial charge is 0.294 e. The number of hydrogen-bond donors (Lipinski definition) is 0. The maximum Gasteiger partial charge on any atom is 0.170 e. The van der Waals surface area contributed by atoms with E-state index in [9.17, 15) is 9.59 Å². The second-order valence-electron chi connectivity index (χ2n) is 5.80. The summed E-state index contributed by atoms with van der Waals surface area (Å²) in [6.07, 6.45) is 0.139. The molecule has 3 aromatic carbocycles. The Balaban J connectivity index is 0.00000243. The fourth-order valence-electron chi connectivity index (χ4n) is 2.83. The highest BCUT2D eigenvalue weighted by atomic mass is 79.9. The van der Waals surface area contributed by atoms with Crippen LogP contribution < -0.4 is 0 Å². The number of hydrogen-bond acceptors (Lipinski definition) is 2. The van der Waals surface area contributed by atoms with Crippen molar-refractivity contribution in [2.75, 3.05) is 0 Å². The number of halogens is 1. The summed E-state index contributed by atoms with van der Waals surface area (Å²) in [4.78, 5) is 25.8. The summed E-state index contributed by atoms with van der Waals surface area (Å²) in [7, 11) is 0. The number of rotatable bonds is 6. The number of benzene rings is 3. The molecule has 2 nitrogen and oxygen atoms in total. The summed E-state index contributed by atoms with van der Waals surface area (Å²) in [6, 6.07) is 25.9. The van der Waals surface area contributed by atoms with Crippen molar-refractivity contribution >= 4 is 27.5 Å². The van der Waals surface area contributed by atoms with Gasteiger partial charge in [-0.25, -0.2) is 0 Å². The second-order valence-corrected chi connectivity index (χ2v) is 6.66. The fourth-order valence-corrected chi connectivity index (χ4v) is 3.34. The van der Waals surface area contributed by atoms with Crippen LogP contribution in [0.5, 0.6) is 0 Å². The van der Waals surface area contributed by atoms with Gasteiger partial charge in [0.2, 0.25) is 0 Å². The lowest BCUT2D eigenvalue weighted by Gasteiger charge is -2.16. The second kappa shape index (κ2) is 9.25. The van der Waals surface area contributed by atoms with Gasteiger partial charge in [0.05, 0.1) is 5.92 Å². The molecule has 0 saturated carbocycles. The van der Waals surface area contributed by atoms with Crippen molar-refractivity contribution in [1.82, 2.24) is 0 Å². The van der Waals surface area contributed by atoms with Crippen LogP contribution in [0.15, 0.2) is 89.4 Å². The molecule has 3 heteroatoms. The van der Waals surface area contributed by atoms with Crippen molar-refractivity contribution in [2.24, 2.45) is 0 Å². The molecule has 132 valence electrons. The number of carbonyl (C=O) groups excluding carboxylic acids is 2. The maximum atomic E-state index is 13.0. The summed E-state index contributed by atoms with van der Waals surface area (Å²) in [6.45, 7) is 0. The highest BCUT2D eigenvalue weighted by molar-refractivity contribution is 9.10. The van der Waals surface area contributed by atoms with E-state index in [1.807, 2.05) is 66.7 Å². The molecule has 0 radical (unpaired) electrons. The van der Waals surface area contributed by atoms with Crippen LogP contribution in [0.4, 0.5) is 0 Å². The fraction of sp³-hybridized carbons (Fsp3) is 0.130. The van der Waals surface area contributed by atoms with E-state index in [1.54, 1.807) is 18.2 Å². The summed E-state index contributed by atoms with van der Waals surface area (Å²) in [5.74, 6) is -0.582. The van der Waals surface area contributed by atoms with Crippen LogP contribution in [0.1, 0.15) is 46.0 Å². The first kappa shape index (κ1) is 19.8. The van der Waals surface area contributed by atoms with Crippen molar-refractivity contribution in [3.05, 3.63) is 106 Å². The van der Waals surface area contributed by atoms with Crippen molar-refractivity contribution in [2.45, 2.75) is 19.8 Å². The molecule has 0 bridgehead atoms. The van der Waals surface area contributed by atoms with E-state index in [-0.39, 0.29) is 25.4 Å². The van der Waals surface area contributed by atoms with Crippen molar-refractivity contribution < 1.29 is 9.59 Å². The van der Waals surface area contributed by atoms with Crippen molar-refractivity contribution in [3.8, 4) is 0 Å². The van der Waals surface area contributed by atoms with Gasteiger partial charge < -0.3 is 0 Å². The lowest BCUT2D eigenvalue weighted by atomic mass is 9.85. The van der Waals surface area contributed by atoms with Crippen LogP contribution in [0.25, 0.3) is 0 Å². The van der Waals surface area contributed by atoms with Crippen LogP contribution in [0, 0.1) is 0 Å². The Bertz CT molecular complexity index is 873. The molecular weight excluding hydrogens is 388 g/mol. The zero-order valence-corrected chi connectivity index (χ0v) is 15.1. The maximum absolute atomic E-state index is 13.0. The molecule has 0 aliphatic rings. The smallest absolute Gasteiger partial charge is 0.170 e. The molecule has 1 atom stereocenters. The SMILES string of the molecule is C.O=C(CC(C(=O)c1ccccc1)c1ccccc1)c1ccccc1Br. The molecule has 0 amide bonds. The summed E-state index contributed by atoms with van der Waals surface area (Å²) in [5, 5.41) is 0. The Morgan fingerprint density at radius 3 is 1.92 bits per heavy atom. The molecule has 3 rings (SSSR count). The number of Topliss-reactive ketones (excluding diaryl/α,β-unsaturated/α-hetero) is 2. The lowest BCUT2D eigenvalue weighted by Crippen LogP contribution is -2.17. The quantitative estimate of drug-likeness (QED) is 0.446. The van der Waals surface area contributed by atoms with E-state index in [0.29, 0.717) is 11.1 Å². The Labute approximate surface area is 163 Å². The van der Waals surface area contributed by atoms with Gasteiger partial charge in [0.15, 0.2) is 11.6 Å². The highest BCUT2D eigenvalue weighted by Gasteiger charge is 2.25. The molecule has 0 saturated heterocycles. The predicted octanol–water partition coefficient (Wildman–Crippen LogP) is 6.32. The molecule has 3 aromatic rings. The molecule has 0 heterocycles. The summed E-state index contributed by atoms with van der Waals surface area (Å²) >= 11 is 3.42. The molecule has 26 heavy (non-hydrogen) atoms. The average molecular weight is 409 g/mol. The van der Waals surface area contributed by atoms with E-state index < -0.39 is 5.92 Å². The first-order chi connectivity index (χ1) is 12.2. The molecule has 0 N–H and O–H groups in total. The van der Waals surface area contributed by atoms with Gasteiger partial charge in [-0.1, -0.05) is 102 Å². The molecule has 0 aliphatic heterocycles. The Morgan fingerprint density at radius 2 is 1.31 bits per heavy atom. The monoisotopic (exact) mass is 408 g/mol. The zero-order chi connectivity index (χ0) is 17.6.